The molecule has 0 radical (unpaired) electrons. The summed E-state index contributed by atoms with van der Waals surface area (Å²) in [6.07, 6.45) is 0.769. The summed E-state index contributed by atoms with van der Waals surface area (Å²) >= 11 is 0. The van der Waals surface area contributed by atoms with E-state index in [4.69, 9.17) is 4.74 Å². The van der Waals surface area contributed by atoms with Gasteiger partial charge in [0.25, 0.3) is 5.91 Å². The first-order valence-corrected chi connectivity index (χ1v) is 8.44. The van der Waals surface area contributed by atoms with Gasteiger partial charge in [-0.1, -0.05) is 18.2 Å². The zero-order valence-corrected chi connectivity index (χ0v) is 14.4. The second kappa shape index (κ2) is 5.92. The number of para-hydroxylation sites is 1. The SMILES string of the molecule is CN(C)C(=O)c1ccc2c(c1)CCN2C(=O)C1COc2ccccc21. The van der Waals surface area contributed by atoms with Crippen molar-refractivity contribution in [2.75, 3.05) is 32.1 Å². The molecule has 2 aromatic rings. The van der Waals surface area contributed by atoms with Crippen LogP contribution < -0.4 is 9.64 Å². The number of fused-ring (bicyclic) bond motifs is 2. The minimum atomic E-state index is -0.259. The molecule has 25 heavy (non-hydrogen) atoms. The number of rotatable bonds is 2. The van der Waals surface area contributed by atoms with Crippen LogP contribution in [0.15, 0.2) is 42.5 Å². The van der Waals surface area contributed by atoms with Crippen LogP contribution in [0.2, 0.25) is 0 Å². The summed E-state index contributed by atoms with van der Waals surface area (Å²) in [4.78, 5) is 28.6. The minimum absolute atomic E-state index is 0.0225. The Morgan fingerprint density at radius 3 is 2.76 bits per heavy atom. The van der Waals surface area contributed by atoms with Crippen LogP contribution in [0, 0.1) is 0 Å². The van der Waals surface area contributed by atoms with Gasteiger partial charge < -0.3 is 14.5 Å². The van der Waals surface area contributed by atoms with Crippen molar-refractivity contribution in [2.45, 2.75) is 12.3 Å². The van der Waals surface area contributed by atoms with Gasteiger partial charge in [-0.05, 0) is 36.2 Å². The third kappa shape index (κ3) is 2.56. The molecule has 128 valence electrons. The van der Waals surface area contributed by atoms with Crippen LogP contribution in [-0.2, 0) is 11.2 Å². The first-order valence-electron chi connectivity index (χ1n) is 8.44. The largest absolute Gasteiger partial charge is 0.492 e. The van der Waals surface area contributed by atoms with Crippen LogP contribution in [0.25, 0.3) is 0 Å². The smallest absolute Gasteiger partial charge is 0.253 e. The number of hydrogen-bond donors (Lipinski definition) is 0. The van der Waals surface area contributed by atoms with Crippen molar-refractivity contribution < 1.29 is 14.3 Å². The lowest BCUT2D eigenvalue weighted by atomic mass is 9.99. The summed E-state index contributed by atoms with van der Waals surface area (Å²) in [5.74, 6) is 0.582. The molecule has 0 saturated carbocycles. The number of benzene rings is 2. The highest BCUT2D eigenvalue weighted by Gasteiger charge is 2.36. The highest BCUT2D eigenvalue weighted by molar-refractivity contribution is 6.02. The first-order chi connectivity index (χ1) is 12.1. The van der Waals surface area contributed by atoms with Crippen molar-refractivity contribution in [2.24, 2.45) is 0 Å². The van der Waals surface area contributed by atoms with E-state index in [9.17, 15) is 9.59 Å². The highest BCUT2D eigenvalue weighted by Crippen LogP contribution is 2.38. The fourth-order valence-corrected chi connectivity index (χ4v) is 3.58. The number of amides is 2. The summed E-state index contributed by atoms with van der Waals surface area (Å²) in [6.45, 7) is 1.04. The molecule has 2 heterocycles. The van der Waals surface area contributed by atoms with E-state index in [0.29, 0.717) is 18.7 Å². The van der Waals surface area contributed by atoms with E-state index in [1.165, 1.54) is 0 Å². The van der Waals surface area contributed by atoms with Crippen LogP contribution in [0.1, 0.15) is 27.4 Å². The Hall–Kier alpha value is -2.82. The summed E-state index contributed by atoms with van der Waals surface area (Å²) in [6, 6.07) is 13.3. The van der Waals surface area contributed by atoms with E-state index in [1.54, 1.807) is 25.1 Å². The molecule has 0 N–H and O–H groups in total. The van der Waals surface area contributed by atoms with Gasteiger partial charge in [-0.2, -0.15) is 0 Å². The molecule has 4 rings (SSSR count). The normalized spacial score (nSPS) is 17.7. The molecule has 1 unspecified atom stereocenters. The van der Waals surface area contributed by atoms with Crippen molar-refractivity contribution in [1.29, 1.82) is 0 Å². The average Bonchev–Trinajstić information content (AvgIpc) is 3.24. The third-order valence-electron chi connectivity index (χ3n) is 4.89. The second-order valence-corrected chi connectivity index (χ2v) is 6.68. The number of nitrogens with zero attached hydrogens (tertiary/aromatic N) is 2. The molecule has 0 aromatic heterocycles. The molecule has 2 aliphatic rings. The summed E-state index contributed by atoms with van der Waals surface area (Å²) in [5.41, 5.74) is 3.57. The predicted molar refractivity (Wildman–Crippen MR) is 95.2 cm³/mol. The molecule has 2 aromatic carbocycles. The van der Waals surface area contributed by atoms with Gasteiger partial charge >= 0.3 is 0 Å². The molecular formula is C20H20N2O3. The Morgan fingerprint density at radius 2 is 1.96 bits per heavy atom. The van der Waals surface area contributed by atoms with E-state index in [1.807, 2.05) is 41.3 Å². The Bertz CT molecular complexity index is 860. The number of carbonyl (C=O) groups excluding carboxylic acids is 2. The summed E-state index contributed by atoms with van der Waals surface area (Å²) in [5, 5.41) is 0. The lowest BCUT2D eigenvalue weighted by molar-refractivity contribution is -0.120. The van der Waals surface area contributed by atoms with Crippen LogP contribution in [0.4, 0.5) is 5.69 Å². The van der Waals surface area contributed by atoms with Crippen molar-refractivity contribution in [3.8, 4) is 5.75 Å². The molecule has 2 aliphatic heterocycles. The third-order valence-corrected chi connectivity index (χ3v) is 4.89. The zero-order chi connectivity index (χ0) is 17.6. The van der Waals surface area contributed by atoms with Crippen molar-refractivity contribution >= 4 is 17.5 Å². The number of hydrogen-bond acceptors (Lipinski definition) is 3. The summed E-state index contributed by atoms with van der Waals surface area (Å²) < 4.78 is 5.66. The molecule has 0 fully saturated rings. The van der Waals surface area contributed by atoms with Gasteiger partial charge in [0.15, 0.2) is 0 Å². The summed E-state index contributed by atoms with van der Waals surface area (Å²) in [7, 11) is 3.48. The van der Waals surface area contributed by atoms with Crippen molar-refractivity contribution in [1.82, 2.24) is 4.90 Å². The van der Waals surface area contributed by atoms with Crippen molar-refractivity contribution in [3.63, 3.8) is 0 Å². The monoisotopic (exact) mass is 336 g/mol. The molecule has 0 bridgehead atoms. The fraction of sp³-hybridized carbons (Fsp3) is 0.300. The maximum absolute atomic E-state index is 13.1. The van der Waals surface area contributed by atoms with Gasteiger partial charge in [-0.25, -0.2) is 0 Å². The maximum atomic E-state index is 13.1. The Kier molecular flexibility index (Phi) is 3.71. The molecule has 5 nitrogen and oxygen atoms in total. The molecule has 1 atom stereocenters. The van der Waals surface area contributed by atoms with E-state index < -0.39 is 0 Å². The first kappa shape index (κ1) is 15.7. The van der Waals surface area contributed by atoms with Gasteiger partial charge in [-0.3, -0.25) is 9.59 Å². The standard InChI is InChI=1S/C20H20N2O3/c1-21(2)19(23)14-7-8-17-13(11-14)9-10-22(17)20(24)16-12-25-18-6-4-3-5-15(16)18/h3-8,11,16H,9-10,12H2,1-2H3. The minimum Gasteiger partial charge on any atom is -0.492 e. The van der Waals surface area contributed by atoms with Crippen molar-refractivity contribution in [3.05, 3.63) is 59.2 Å². The lowest BCUT2D eigenvalue weighted by Gasteiger charge is -2.21. The van der Waals surface area contributed by atoms with Gasteiger partial charge in [0, 0.05) is 37.5 Å². The van der Waals surface area contributed by atoms with Crippen LogP contribution in [0.3, 0.4) is 0 Å². The van der Waals surface area contributed by atoms with E-state index in [-0.39, 0.29) is 17.7 Å². The molecular weight excluding hydrogens is 316 g/mol. The maximum Gasteiger partial charge on any atom is 0.253 e. The molecule has 0 spiro atoms. The van der Waals surface area contributed by atoms with Gasteiger partial charge in [0.05, 0.1) is 0 Å². The van der Waals surface area contributed by atoms with Gasteiger partial charge in [-0.15, -0.1) is 0 Å². The second-order valence-electron chi connectivity index (χ2n) is 6.68. The van der Waals surface area contributed by atoms with E-state index >= 15 is 0 Å². The van der Waals surface area contributed by atoms with Crippen LogP contribution >= 0.6 is 0 Å². The Labute approximate surface area is 146 Å². The molecule has 0 aliphatic carbocycles. The highest BCUT2D eigenvalue weighted by atomic mass is 16.5. The van der Waals surface area contributed by atoms with E-state index in [0.717, 1.165) is 29.0 Å². The number of ether oxygens (including phenoxy) is 1. The Balaban J connectivity index is 1.61. The lowest BCUT2D eigenvalue weighted by Crippen LogP contribution is -2.34. The average molecular weight is 336 g/mol. The molecule has 5 heteroatoms. The molecule has 0 saturated heterocycles. The predicted octanol–water partition coefficient (Wildman–Crippen LogP) is 2.45. The van der Waals surface area contributed by atoms with Gasteiger partial charge in [0.2, 0.25) is 5.91 Å². The number of anilines is 1. The van der Waals surface area contributed by atoms with Crippen LogP contribution in [0.5, 0.6) is 5.75 Å². The fourth-order valence-electron chi connectivity index (χ4n) is 3.58. The zero-order valence-electron chi connectivity index (χ0n) is 14.4. The number of carbonyl (C=O) groups is 2. The quantitative estimate of drug-likeness (QED) is 0.846. The molecule has 2 amide bonds. The Morgan fingerprint density at radius 1 is 1.16 bits per heavy atom. The topological polar surface area (TPSA) is 49.9 Å². The van der Waals surface area contributed by atoms with Crippen LogP contribution in [-0.4, -0.2) is 44.0 Å². The van der Waals surface area contributed by atoms with Gasteiger partial charge in [0.1, 0.15) is 18.3 Å². The van der Waals surface area contributed by atoms with E-state index in [2.05, 4.69) is 0 Å².